The third kappa shape index (κ3) is 9.83. The Morgan fingerprint density at radius 2 is 1.38 bits per heavy atom. The standard InChI is InChI=1S/C52H40F2N6O5S3/c53-50(54)65-59-42(41-33-68-51(56-41)58-52(37-21-10-3-11-22-37,38-23-12-4-13-24-38)39-25-14-5-15-26-39)46(61)57-43-47(62)60-44(36(32-67-48(43)60)28-30-66-40-27-16-29-55-31-40)49(63)64-45(34-17-6-1-7-18-34)35-19-8-2-9-20-35/h1-31,33,43,45,48,50H,32H2,(H,56,58)(H,57,61)/b30-28+,59-42?/t43?,48-/m1/s1. The van der Waals surface area contributed by atoms with E-state index in [1.807, 2.05) is 169 Å². The molecule has 11 nitrogen and oxygen atoms in total. The fraction of sp³-hybridized carbons (Fsp3) is 0.115. The molecule has 2 N–H and O–H groups in total. The summed E-state index contributed by atoms with van der Waals surface area (Å²) in [6.45, 7) is -3.36. The van der Waals surface area contributed by atoms with Gasteiger partial charge in [0.25, 0.3) is 11.8 Å². The zero-order valence-corrected chi connectivity index (χ0v) is 38.3. The molecule has 2 amide bonds. The van der Waals surface area contributed by atoms with E-state index in [0.29, 0.717) is 10.7 Å². The molecule has 0 radical (unpaired) electrons. The van der Waals surface area contributed by atoms with Crippen molar-refractivity contribution in [2.45, 2.75) is 34.6 Å². The van der Waals surface area contributed by atoms with Gasteiger partial charge in [-0.2, -0.15) is 8.78 Å². The molecule has 7 aromatic rings. The van der Waals surface area contributed by atoms with Crippen LogP contribution < -0.4 is 10.6 Å². The van der Waals surface area contributed by atoms with Crippen molar-refractivity contribution in [1.82, 2.24) is 20.2 Å². The highest BCUT2D eigenvalue weighted by Gasteiger charge is 2.55. The van der Waals surface area contributed by atoms with Crippen LogP contribution in [0, 0.1) is 0 Å². The first-order valence-corrected chi connectivity index (χ1v) is 24.1. The lowest BCUT2D eigenvalue weighted by Gasteiger charge is -2.49. The number of rotatable bonds is 17. The number of carbonyl (C=O) groups is 3. The van der Waals surface area contributed by atoms with Crippen LogP contribution in [-0.2, 0) is 29.5 Å². The quantitative estimate of drug-likeness (QED) is 0.0227. The van der Waals surface area contributed by atoms with Gasteiger partial charge in [-0.25, -0.2) is 9.78 Å². The fourth-order valence-electron chi connectivity index (χ4n) is 8.01. The first-order valence-electron chi connectivity index (χ1n) is 21.3. The predicted octanol–water partition coefficient (Wildman–Crippen LogP) is 10.2. The molecule has 1 saturated heterocycles. The minimum Gasteiger partial charge on any atom is -0.448 e. The van der Waals surface area contributed by atoms with E-state index < -0.39 is 53.2 Å². The van der Waals surface area contributed by atoms with E-state index in [1.54, 1.807) is 18.5 Å². The average Bonchev–Trinajstić information content (AvgIpc) is 3.85. The number of fused-ring (bicyclic) bond motifs is 1. The van der Waals surface area contributed by atoms with Crippen LogP contribution in [0.1, 0.15) is 39.6 Å². The van der Waals surface area contributed by atoms with Crippen LogP contribution in [0.5, 0.6) is 0 Å². The van der Waals surface area contributed by atoms with Gasteiger partial charge in [0.2, 0.25) is 0 Å². The number of hydrogen-bond acceptors (Lipinski definition) is 12. The Balaban J connectivity index is 1.00. The number of esters is 1. The minimum absolute atomic E-state index is 0.0213. The Kier molecular flexibility index (Phi) is 14.2. The number of allylic oxidation sites excluding steroid dienone is 1. The second kappa shape index (κ2) is 21.1. The van der Waals surface area contributed by atoms with Crippen LogP contribution in [0.3, 0.4) is 0 Å². The van der Waals surface area contributed by atoms with Crippen LogP contribution in [0.4, 0.5) is 13.9 Å². The Bertz CT molecular complexity index is 2810. The first-order chi connectivity index (χ1) is 33.3. The van der Waals surface area contributed by atoms with Crippen molar-refractivity contribution in [3.05, 3.63) is 238 Å². The van der Waals surface area contributed by atoms with Gasteiger partial charge in [0.1, 0.15) is 28.3 Å². The summed E-state index contributed by atoms with van der Waals surface area (Å²) in [4.78, 5) is 58.5. The highest BCUT2D eigenvalue weighted by atomic mass is 32.2. The Morgan fingerprint density at radius 3 is 1.93 bits per heavy atom. The van der Waals surface area contributed by atoms with Crippen molar-refractivity contribution in [2.24, 2.45) is 5.16 Å². The van der Waals surface area contributed by atoms with E-state index in [9.17, 15) is 23.2 Å². The normalized spacial score (nSPS) is 16.1. The SMILES string of the molecule is O=C(NC1C(=O)N2C(C(=O)OC(c3ccccc3)c3ccccc3)=C(/C=C/Sc3cccnc3)CS[C@H]12)C(=NOC(F)F)c1csc(NC(c2ccccc2)(c2ccccc2)c2ccccc2)n1. The molecule has 2 atom stereocenters. The lowest BCUT2D eigenvalue weighted by Crippen LogP contribution is -2.71. The average molecular weight is 963 g/mol. The number of nitrogens with one attached hydrogen (secondary N) is 2. The van der Waals surface area contributed by atoms with Crippen LogP contribution in [-0.4, -0.2) is 62.1 Å². The second-order valence-corrected chi connectivity index (χ2v) is 18.2. The number of oxime groups is 1. The second-order valence-electron chi connectivity index (χ2n) is 15.3. The van der Waals surface area contributed by atoms with Crippen LogP contribution in [0.15, 0.2) is 214 Å². The Morgan fingerprint density at radius 1 is 0.809 bits per heavy atom. The van der Waals surface area contributed by atoms with Gasteiger partial charge < -0.3 is 20.2 Å². The summed E-state index contributed by atoms with van der Waals surface area (Å²) in [6.07, 6.45) is 4.33. The Hall–Kier alpha value is -7.40. The number of aromatic nitrogens is 2. The molecule has 16 heteroatoms. The number of amides is 2. The van der Waals surface area contributed by atoms with Gasteiger partial charge in [0.15, 0.2) is 16.9 Å². The van der Waals surface area contributed by atoms with Gasteiger partial charge in [0, 0.05) is 28.4 Å². The maximum Gasteiger partial charge on any atom is 0.407 e. The molecule has 0 aliphatic carbocycles. The Labute approximate surface area is 403 Å². The summed E-state index contributed by atoms with van der Waals surface area (Å²) in [5, 5.41) is 12.7. The smallest absolute Gasteiger partial charge is 0.407 e. The molecule has 0 saturated carbocycles. The van der Waals surface area contributed by atoms with E-state index >= 15 is 0 Å². The van der Waals surface area contributed by atoms with Gasteiger partial charge in [-0.15, -0.1) is 23.1 Å². The van der Waals surface area contributed by atoms with E-state index in [1.165, 1.54) is 33.8 Å². The van der Waals surface area contributed by atoms with Gasteiger partial charge in [0.05, 0.1) is 0 Å². The molecule has 4 heterocycles. The number of thiazole rings is 1. The molecule has 68 heavy (non-hydrogen) atoms. The molecule has 0 bridgehead atoms. The molecular weight excluding hydrogens is 923 g/mol. The van der Waals surface area contributed by atoms with E-state index in [0.717, 1.165) is 44.0 Å². The number of hydrogen-bond donors (Lipinski definition) is 2. The number of thioether (sulfide) groups is 2. The monoisotopic (exact) mass is 962 g/mol. The molecule has 2 aliphatic rings. The maximum absolute atomic E-state index is 14.5. The van der Waals surface area contributed by atoms with Crippen molar-refractivity contribution in [3.63, 3.8) is 0 Å². The molecule has 2 aromatic heterocycles. The number of carbonyl (C=O) groups excluding carboxylic acids is 3. The summed E-state index contributed by atoms with van der Waals surface area (Å²) in [6, 6.07) is 50.4. The molecule has 1 unspecified atom stereocenters. The molecule has 0 spiro atoms. The number of β-lactam (4-membered cyclic amide) rings is 1. The van der Waals surface area contributed by atoms with Crippen LogP contribution in [0.25, 0.3) is 0 Å². The third-order valence-electron chi connectivity index (χ3n) is 11.1. The molecule has 9 rings (SSSR count). The molecule has 340 valence electrons. The molecular formula is C52H40F2N6O5S3. The third-order valence-corrected chi connectivity index (χ3v) is 14.0. The number of ether oxygens (including phenoxy) is 1. The summed E-state index contributed by atoms with van der Waals surface area (Å²) in [7, 11) is 0. The number of pyridine rings is 1. The zero-order chi connectivity index (χ0) is 46.9. The van der Waals surface area contributed by atoms with Crippen molar-refractivity contribution in [3.8, 4) is 0 Å². The zero-order valence-electron chi connectivity index (χ0n) is 35.8. The lowest BCUT2D eigenvalue weighted by atomic mass is 9.77. The predicted molar refractivity (Wildman–Crippen MR) is 261 cm³/mol. The summed E-state index contributed by atoms with van der Waals surface area (Å²) < 4.78 is 33.5. The van der Waals surface area contributed by atoms with Crippen LogP contribution in [0.2, 0.25) is 0 Å². The maximum atomic E-state index is 14.5. The topological polar surface area (TPSA) is 135 Å². The summed E-state index contributed by atoms with van der Waals surface area (Å²) >= 11 is 3.84. The minimum atomic E-state index is -3.36. The molecule has 1 fully saturated rings. The van der Waals surface area contributed by atoms with Gasteiger partial charge in [-0.3, -0.25) is 19.5 Å². The van der Waals surface area contributed by atoms with Gasteiger partial charge >= 0.3 is 12.6 Å². The largest absolute Gasteiger partial charge is 0.448 e. The van der Waals surface area contributed by atoms with E-state index in [4.69, 9.17) is 9.72 Å². The van der Waals surface area contributed by atoms with Crippen LogP contribution >= 0.6 is 34.9 Å². The number of alkyl halides is 2. The van der Waals surface area contributed by atoms with E-state index in [2.05, 4.69) is 25.6 Å². The van der Waals surface area contributed by atoms with E-state index in [-0.39, 0.29) is 17.1 Å². The number of benzene rings is 5. The van der Waals surface area contributed by atoms with Crippen molar-refractivity contribution in [1.29, 1.82) is 0 Å². The molecule has 2 aliphatic heterocycles. The highest BCUT2D eigenvalue weighted by Crippen LogP contribution is 2.43. The number of anilines is 1. The first kappa shape index (κ1) is 45.7. The van der Waals surface area contributed by atoms with Crippen molar-refractivity contribution < 1.29 is 32.7 Å². The number of nitrogens with zero attached hydrogens (tertiary/aromatic N) is 4. The highest BCUT2D eigenvalue weighted by molar-refractivity contribution is 8.02. The van der Waals surface area contributed by atoms with Gasteiger partial charge in [-0.05, 0) is 57.0 Å². The fourth-order valence-corrected chi connectivity index (χ4v) is 10.7. The summed E-state index contributed by atoms with van der Waals surface area (Å²) in [5.74, 6) is -2.08. The van der Waals surface area contributed by atoms with Crippen molar-refractivity contribution in [2.75, 3.05) is 11.1 Å². The van der Waals surface area contributed by atoms with Crippen molar-refractivity contribution >= 4 is 63.5 Å². The molecule has 5 aromatic carbocycles. The summed E-state index contributed by atoms with van der Waals surface area (Å²) in [5.41, 5.74) is 3.02. The number of halogens is 2. The van der Waals surface area contributed by atoms with Gasteiger partial charge in [-0.1, -0.05) is 169 Å². The lowest BCUT2D eigenvalue weighted by molar-refractivity contribution is -0.154.